The largest absolute Gasteiger partial charge is 0.355 e. The molecule has 0 aromatic heterocycles. The summed E-state index contributed by atoms with van der Waals surface area (Å²) in [5.74, 6) is 0.845. The Morgan fingerprint density at radius 3 is 2.50 bits per heavy atom. The van der Waals surface area contributed by atoms with E-state index in [0.29, 0.717) is 32.0 Å². The molecule has 1 aliphatic heterocycles. The number of amides is 1. The van der Waals surface area contributed by atoms with Gasteiger partial charge in [0.1, 0.15) is 0 Å². The van der Waals surface area contributed by atoms with Crippen molar-refractivity contribution >= 4 is 27.6 Å². The van der Waals surface area contributed by atoms with Crippen LogP contribution in [-0.4, -0.2) is 52.7 Å². The number of carbonyl (C=O) groups excluding carboxylic acids is 1. The standard InChI is InChI=1S/C17H27N5O3S/c1-3-26(24,25)21-11-10-19-17(18-2)20-13-14-6-8-15(9-7-14)22-12-4-5-16(22)23/h6-9,21H,3-5,10-13H2,1-2H3,(H2,18,19,20). The molecule has 1 amide bonds. The van der Waals surface area contributed by atoms with E-state index in [4.69, 9.17) is 0 Å². The van der Waals surface area contributed by atoms with Gasteiger partial charge in [-0.1, -0.05) is 12.1 Å². The van der Waals surface area contributed by atoms with Gasteiger partial charge >= 0.3 is 0 Å². The maximum atomic E-state index is 11.8. The molecule has 0 atom stereocenters. The molecule has 0 bridgehead atoms. The molecule has 26 heavy (non-hydrogen) atoms. The van der Waals surface area contributed by atoms with E-state index >= 15 is 0 Å². The first-order valence-electron chi connectivity index (χ1n) is 8.76. The van der Waals surface area contributed by atoms with Crippen molar-refractivity contribution in [1.82, 2.24) is 15.4 Å². The van der Waals surface area contributed by atoms with Crippen LogP contribution >= 0.6 is 0 Å². The van der Waals surface area contributed by atoms with Gasteiger partial charge in [0.25, 0.3) is 0 Å². The number of aliphatic imine (C=N–C) groups is 1. The van der Waals surface area contributed by atoms with Crippen LogP contribution in [0, 0.1) is 0 Å². The van der Waals surface area contributed by atoms with Crippen molar-refractivity contribution in [1.29, 1.82) is 0 Å². The molecule has 1 saturated heterocycles. The lowest BCUT2D eigenvalue weighted by Crippen LogP contribution is -2.41. The molecule has 0 unspecified atom stereocenters. The van der Waals surface area contributed by atoms with E-state index in [2.05, 4.69) is 20.3 Å². The number of hydrogen-bond acceptors (Lipinski definition) is 4. The van der Waals surface area contributed by atoms with Gasteiger partial charge in [0.2, 0.25) is 15.9 Å². The fraction of sp³-hybridized carbons (Fsp3) is 0.529. The zero-order chi connectivity index (χ0) is 19.0. The number of nitrogens with zero attached hydrogens (tertiary/aromatic N) is 2. The summed E-state index contributed by atoms with van der Waals surface area (Å²) in [4.78, 5) is 17.7. The highest BCUT2D eigenvalue weighted by molar-refractivity contribution is 7.89. The van der Waals surface area contributed by atoms with Crippen LogP contribution in [0.5, 0.6) is 0 Å². The first-order valence-corrected chi connectivity index (χ1v) is 10.4. The molecule has 1 aromatic carbocycles. The first kappa shape index (κ1) is 20.2. The monoisotopic (exact) mass is 381 g/mol. The van der Waals surface area contributed by atoms with E-state index < -0.39 is 10.0 Å². The van der Waals surface area contributed by atoms with E-state index in [1.807, 2.05) is 29.2 Å². The van der Waals surface area contributed by atoms with E-state index in [-0.39, 0.29) is 11.7 Å². The number of benzene rings is 1. The van der Waals surface area contributed by atoms with Crippen LogP contribution < -0.4 is 20.3 Å². The van der Waals surface area contributed by atoms with Crippen LogP contribution in [0.25, 0.3) is 0 Å². The van der Waals surface area contributed by atoms with Crippen molar-refractivity contribution in [2.45, 2.75) is 26.3 Å². The third-order valence-electron chi connectivity index (χ3n) is 4.12. The Morgan fingerprint density at radius 2 is 1.92 bits per heavy atom. The number of carbonyl (C=O) groups is 1. The number of anilines is 1. The molecule has 8 nitrogen and oxygen atoms in total. The zero-order valence-electron chi connectivity index (χ0n) is 15.3. The summed E-state index contributed by atoms with van der Waals surface area (Å²) in [6.45, 7) is 3.70. The second kappa shape index (κ2) is 9.54. The van der Waals surface area contributed by atoms with E-state index in [9.17, 15) is 13.2 Å². The molecule has 3 N–H and O–H groups in total. The number of rotatable bonds is 8. The molecule has 0 aliphatic carbocycles. The van der Waals surface area contributed by atoms with Crippen LogP contribution in [0.3, 0.4) is 0 Å². The van der Waals surface area contributed by atoms with Gasteiger partial charge in [-0.15, -0.1) is 0 Å². The van der Waals surface area contributed by atoms with Crippen LogP contribution in [0.15, 0.2) is 29.3 Å². The minimum absolute atomic E-state index is 0.0684. The van der Waals surface area contributed by atoms with Gasteiger partial charge in [0.05, 0.1) is 5.75 Å². The third-order valence-corrected chi connectivity index (χ3v) is 5.53. The van der Waals surface area contributed by atoms with Crippen molar-refractivity contribution in [2.24, 2.45) is 4.99 Å². The van der Waals surface area contributed by atoms with E-state index in [0.717, 1.165) is 24.2 Å². The van der Waals surface area contributed by atoms with Crippen LogP contribution in [0.2, 0.25) is 0 Å². The Balaban J connectivity index is 1.76. The number of guanidine groups is 1. The van der Waals surface area contributed by atoms with E-state index in [1.165, 1.54) is 0 Å². The van der Waals surface area contributed by atoms with Gasteiger partial charge < -0.3 is 15.5 Å². The summed E-state index contributed by atoms with van der Waals surface area (Å²) in [5.41, 5.74) is 2.00. The van der Waals surface area contributed by atoms with Gasteiger partial charge in [-0.3, -0.25) is 9.79 Å². The van der Waals surface area contributed by atoms with Gasteiger partial charge in [-0.25, -0.2) is 13.1 Å². The Labute approximate surface area is 155 Å². The second-order valence-electron chi connectivity index (χ2n) is 5.97. The Morgan fingerprint density at radius 1 is 1.19 bits per heavy atom. The normalized spacial score (nSPS) is 15.4. The van der Waals surface area contributed by atoms with Crippen LogP contribution in [0.1, 0.15) is 25.3 Å². The summed E-state index contributed by atoms with van der Waals surface area (Å²) < 4.78 is 25.2. The number of hydrogen-bond donors (Lipinski definition) is 3. The van der Waals surface area contributed by atoms with Gasteiger partial charge in [0.15, 0.2) is 5.96 Å². The third kappa shape index (κ3) is 5.99. The SMILES string of the molecule is CCS(=O)(=O)NCCNC(=NC)NCc1ccc(N2CCCC2=O)cc1. The molecule has 1 fully saturated rings. The van der Waals surface area contributed by atoms with Crippen molar-refractivity contribution in [3.05, 3.63) is 29.8 Å². The summed E-state index contributed by atoms with van der Waals surface area (Å²) >= 11 is 0. The lowest BCUT2D eigenvalue weighted by atomic mass is 10.2. The predicted octanol–water partition coefficient (Wildman–Crippen LogP) is 0.418. The highest BCUT2D eigenvalue weighted by Crippen LogP contribution is 2.21. The molecule has 2 rings (SSSR count). The topological polar surface area (TPSA) is 103 Å². The maximum absolute atomic E-state index is 11.8. The van der Waals surface area contributed by atoms with Crippen molar-refractivity contribution in [3.8, 4) is 0 Å². The molecular weight excluding hydrogens is 354 g/mol. The molecule has 144 valence electrons. The lowest BCUT2D eigenvalue weighted by Gasteiger charge is -2.16. The Bertz CT molecular complexity index is 731. The molecule has 1 aliphatic rings. The predicted molar refractivity (Wildman–Crippen MR) is 104 cm³/mol. The van der Waals surface area contributed by atoms with E-state index in [1.54, 1.807) is 14.0 Å². The first-order chi connectivity index (χ1) is 12.4. The highest BCUT2D eigenvalue weighted by Gasteiger charge is 2.21. The minimum Gasteiger partial charge on any atom is -0.355 e. The molecule has 0 spiro atoms. The van der Waals surface area contributed by atoms with Gasteiger partial charge in [-0.05, 0) is 31.0 Å². The highest BCUT2D eigenvalue weighted by atomic mass is 32.2. The second-order valence-corrected chi connectivity index (χ2v) is 8.06. The summed E-state index contributed by atoms with van der Waals surface area (Å²) in [7, 11) is -1.51. The number of nitrogens with one attached hydrogen (secondary N) is 3. The fourth-order valence-corrected chi connectivity index (χ4v) is 3.23. The summed E-state index contributed by atoms with van der Waals surface area (Å²) in [5, 5.41) is 6.23. The molecule has 9 heteroatoms. The molecule has 1 aromatic rings. The molecule has 0 radical (unpaired) electrons. The Hall–Kier alpha value is -2.13. The zero-order valence-corrected chi connectivity index (χ0v) is 16.1. The van der Waals surface area contributed by atoms with Crippen molar-refractivity contribution < 1.29 is 13.2 Å². The minimum atomic E-state index is -3.17. The van der Waals surface area contributed by atoms with Crippen molar-refractivity contribution in [3.63, 3.8) is 0 Å². The quantitative estimate of drug-likeness (QED) is 0.344. The molecule has 1 heterocycles. The average molecular weight is 382 g/mol. The summed E-state index contributed by atoms with van der Waals surface area (Å²) in [6.07, 6.45) is 1.54. The van der Waals surface area contributed by atoms with Crippen molar-refractivity contribution in [2.75, 3.05) is 37.3 Å². The van der Waals surface area contributed by atoms with Crippen LogP contribution in [0.4, 0.5) is 5.69 Å². The lowest BCUT2D eigenvalue weighted by molar-refractivity contribution is -0.117. The van der Waals surface area contributed by atoms with Gasteiger partial charge in [-0.2, -0.15) is 0 Å². The Kier molecular flexibility index (Phi) is 7.40. The number of sulfonamides is 1. The summed E-state index contributed by atoms with van der Waals surface area (Å²) in [6, 6.07) is 7.87. The molecule has 0 saturated carbocycles. The van der Waals surface area contributed by atoms with Gasteiger partial charge in [0, 0.05) is 45.3 Å². The average Bonchev–Trinajstić information content (AvgIpc) is 3.07. The van der Waals surface area contributed by atoms with Crippen LogP contribution in [-0.2, 0) is 21.4 Å². The fourth-order valence-electron chi connectivity index (χ4n) is 2.61. The maximum Gasteiger partial charge on any atom is 0.227 e. The molecular formula is C17H27N5O3S. The smallest absolute Gasteiger partial charge is 0.227 e.